The van der Waals surface area contributed by atoms with Crippen LogP contribution in [-0.2, 0) is 10.0 Å². The first-order valence-electron chi connectivity index (χ1n) is 9.78. The summed E-state index contributed by atoms with van der Waals surface area (Å²) in [6.07, 6.45) is 3.04. The summed E-state index contributed by atoms with van der Waals surface area (Å²) in [7, 11) is -3.51. The van der Waals surface area contributed by atoms with Crippen LogP contribution in [0.5, 0.6) is 5.88 Å². The molecule has 0 spiro atoms. The number of hydrogen-bond acceptors (Lipinski definition) is 7. The average molecular weight is 481 g/mol. The van der Waals surface area contributed by atoms with Gasteiger partial charge < -0.3 is 4.74 Å². The number of amides is 1. The molecule has 1 amide bonds. The fraction of sp³-hybridized carbons (Fsp3) is 0.350. The molecule has 8 nitrogen and oxygen atoms in total. The van der Waals surface area contributed by atoms with Gasteiger partial charge in [-0.1, -0.05) is 22.9 Å². The number of thiazole rings is 1. The normalized spacial score (nSPS) is 15.0. The number of pyridine rings is 1. The van der Waals surface area contributed by atoms with E-state index in [1.54, 1.807) is 18.2 Å². The molecule has 4 rings (SSSR count). The van der Waals surface area contributed by atoms with Crippen LogP contribution in [0.3, 0.4) is 0 Å². The number of ether oxygens (including phenoxy) is 1. The summed E-state index contributed by atoms with van der Waals surface area (Å²) in [5.74, 6) is -0.158. The molecule has 1 aromatic carbocycles. The Morgan fingerprint density at radius 2 is 2.00 bits per heavy atom. The molecule has 0 atom stereocenters. The second-order valence-corrected chi connectivity index (χ2v) is 10.8. The topological polar surface area (TPSA) is 101 Å². The average Bonchev–Trinajstić information content (AvgIpc) is 3.38. The summed E-state index contributed by atoms with van der Waals surface area (Å²) in [4.78, 5) is 21.3. The van der Waals surface area contributed by atoms with Gasteiger partial charge in [0.15, 0.2) is 5.13 Å². The number of nitrogens with one attached hydrogen (secondary N) is 1. The standard InChI is InChI=1S/C20H21ClN4O4S2/c1-12(2)29-19-15(21)9-13(11-22-19)18(26)24-20-23-16-6-5-14(10-17(16)30-20)31(27,28)25-7-3-4-8-25/h5-6,9-12H,3-4,7-8H2,1-2H3,(H,23,24,26). The molecule has 2 aromatic heterocycles. The van der Waals surface area contributed by atoms with E-state index in [9.17, 15) is 13.2 Å². The number of hydrogen-bond donors (Lipinski definition) is 1. The molecule has 1 aliphatic rings. The lowest BCUT2D eigenvalue weighted by Gasteiger charge is -2.15. The zero-order valence-electron chi connectivity index (χ0n) is 17.0. The molecule has 3 heterocycles. The molecule has 0 unspecified atom stereocenters. The summed E-state index contributed by atoms with van der Waals surface area (Å²) in [6, 6.07) is 6.29. The van der Waals surface area contributed by atoms with Gasteiger partial charge in [0.1, 0.15) is 5.02 Å². The fourth-order valence-electron chi connectivity index (χ4n) is 3.23. The van der Waals surface area contributed by atoms with Gasteiger partial charge in [-0.25, -0.2) is 18.4 Å². The molecule has 0 radical (unpaired) electrons. The highest BCUT2D eigenvalue weighted by Crippen LogP contribution is 2.31. The molecule has 0 aliphatic carbocycles. The van der Waals surface area contributed by atoms with Crippen LogP contribution in [0.4, 0.5) is 5.13 Å². The number of aromatic nitrogens is 2. The number of fused-ring (bicyclic) bond motifs is 1. The maximum Gasteiger partial charge on any atom is 0.259 e. The summed E-state index contributed by atoms with van der Waals surface area (Å²) >= 11 is 7.36. The second kappa shape index (κ2) is 8.70. The molecular formula is C20H21ClN4O4S2. The first-order chi connectivity index (χ1) is 14.7. The van der Waals surface area contributed by atoms with Crippen LogP contribution >= 0.6 is 22.9 Å². The van der Waals surface area contributed by atoms with Gasteiger partial charge in [0.25, 0.3) is 5.91 Å². The van der Waals surface area contributed by atoms with Gasteiger partial charge in [-0.05, 0) is 51.0 Å². The number of rotatable bonds is 6. The predicted octanol–water partition coefficient (Wildman–Crippen LogP) is 4.17. The van der Waals surface area contributed by atoms with E-state index in [1.165, 1.54) is 27.9 Å². The Morgan fingerprint density at radius 1 is 1.26 bits per heavy atom. The van der Waals surface area contributed by atoms with Crippen molar-refractivity contribution in [3.8, 4) is 5.88 Å². The number of carbonyl (C=O) groups is 1. The molecule has 164 valence electrons. The van der Waals surface area contributed by atoms with Gasteiger partial charge in [0, 0.05) is 19.3 Å². The number of sulfonamides is 1. The van der Waals surface area contributed by atoms with E-state index < -0.39 is 15.9 Å². The molecular weight excluding hydrogens is 460 g/mol. The van der Waals surface area contributed by atoms with Gasteiger partial charge in [-0.2, -0.15) is 4.31 Å². The van der Waals surface area contributed by atoms with Crippen LogP contribution in [0.1, 0.15) is 37.0 Å². The smallest absolute Gasteiger partial charge is 0.259 e. The van der Waals surface area contributed by atoms with Crippen molar-refractivity contribution in [1.29, 1.82) is 0 Å². The van der Waals surface area contributed by atoms with Crippen LogP contribution in [0.15, 0.2) is 35.4 Å². The molecule has 1 aliphatic heterocycles. The summed E-state index contributed by atoms with van der Waals surface area (Å²) in [5, 5.41) is 3.31. The van der Waals surface area contributed by atoms with Crippen molar-refractivity contribution in [2.75, 3.05) is 18.4 Å². The minimum absolute atomic E-state index is 0.0911. The largest absolute Gasteiger partial charge is 0.474 e. The SMILES string of the molecule is CC(C)Oc1ncc(C(=O)Nc2nc3ccc(S(=O)(=O)N4CCCC4)cc3s2)cc1Cl. The number of anilines is 1. The highest BCUT2D eigenvalue weighted by Gasteiger charge is 2.27. The molecule has 11 heteroatoms. The van der Waals surface area contributed by atoms with Crippen LogP contribution in [-0.4, -0.2) is 47.8 Å². The van der Waals surface area contributed by atoms with Gasteiger partial charge >= 0.3 is 0 Å². The van der Waals surface area contributed by atoms with Crippen molar-refractivity contribution in [1.82, 2.24) is 14.3 Å². The Balaban J connectivity index is 1.54. The summed E-state index contributed by atoms with van der Waals surface area (Å²) in [6.45, 7) is 4.80. The second-order valence-electron chi connectivity index (χ2n) is 7.39. The third-order valence-electron chi connectivity index (χ3n) is 4.70. The van der Waals surface area contributed by atoms with E-state index in [1.807, 2.05) is 13.8 Å². The molecule has 31 heavy (non-hydrogen) atoms. The zero-order valence-corrected chi connectivity index (χ0v) is 19.4. The minimum Gasteiger partial charge on any atom is -0.474 e. The number of nitrogens with zero attached hydrogens (tertiary/aromatic N) is 3. The third-order valence-corrected chi connectivity index (χ3v) is 7.80. The van der Waals surface area contributed by atoms with E-state index in [4.69, 9.17) is 16.3 Å². The van der Waals surface area contributed by atoms with Crippen molar-refractivity contribution < 1.29 is 17.9 Å². The van der Waals surface area contributed by atoms with Gasteiger partial charge in [0.05, 0.1) is 26.8 Å². The van der Waals surface area contributed by atoms with Crippen LogP contribution < -0.4 is 10.1 Å². The predicted molar refractivity (Wildman–Crippen MR) is 121 cm³/mol. The Hall–Kier alpha value is -2.27. The van der Waals surface area contributed by atoms with Crippen molar-refractivity contribution in [2.45, 2.75) is 37.7 Å². The molecule has 3 aromatic rings. The fourth-order valence-corrected chi connectivity index (χ4v) is 5.95. The first kappa shape index (κ1) is 21.9. The molecule has 0 bridgehead atoms. The van der Waals surface area contributed by atoms with E-state index in [-0.39, 0.29) is 27.5 Å². The highest BCUT2D eigenvalue weighted by atomic mass is 35.5. The Kier molecular flexibility index (Phi) is 6.16. The quantitative estimate of drug-likeness (QED) is 0.568. The number of carbonyl (C=O) groups excluding carboxylic acids is 1. The zero-order chi connectivity index (χ0) is 22.2. The summed E-state index contributed by atoms with van der Waals surface area (Å²) < 4.78 is 33.2. The lowest BCUT2D eigenvalue weighted by atomic mass is 10.2. The van der Waals surface area contributed by atoms with E-state index in [2.05, 4.69) is 15.3 Å². The lowest BCUT2D eigenvalue weighted by Crippen LogP contribution is -2.27. The maximum atomic E-state index is 12.8. The third kappa shape index (κ3) is 4.67. The molecule has 1 fully saturated rings. The van der Waals surface area contributed by atoms with Crippen molar-refractivity contribution >= 4 is 54.2 Å². The maximum absolute atomic E-state index is 12.8. The Labute approximate surface area is 189 Å². The van der Waals surface area contributed by atoms with Crippen LogP contribution in [0.2, 0.25) is 5.02 Å². The van der Waals surface area contributed by atoms with E-state index in [0.29, 0.717) is 28.4 Å². The van der Waals surface area contributed by atoms with Crippen molar-refractivity contribution in [3.05, 3.63) is 41.0 Å². The van der Waals surface area contributed by atoms with Gasteiger partial charge in [-0.15, -0.1) is 0 Å². The Bertz CT molecular complexity index is 1240. The number of halogens is 1. The van der Waals surface area contributed by atoms with Gasteiger partial charge in [-0.3, -0.25) is 10.1 Å². The van der Waals surface area contributed by atoms with Gasteiger partial charge in [0.2, 0.25) is 15.9 Å². The van der Waals surface area contributed by atoms with Crippen LogP contribution in [0, 0.1) is 0 Å². The first-order valence-corrected chi connectivity index (χ1v) is 12.4. The summed E-state index contributed by atoms with van der Waals surface area (Å²) in [5.41, 5.74) is 0.871. The van der Waals surface area contributed by atoms with E-state index in [0.717, 1.165) is 12.8 Å². The molecule has 1 saturated heterocycles. The molecule has 1 N–H and O–H groups in total. The molecule has 0 saturated carbocycles. The number of benzene rings is 1. The highest BCUT2D eigenvalue weighted by molar-refractivity contribution is 7.89. The monoisotopic (exact) mass is 480 g/mol. The van der Waals surface area contributed by atoms with Crippen LogP contribution in [0.25, 0.3) is 10.2 Å². The Morgan fingerprint density at radius 3 is 2.68 bits per heavy atom. The van der Waals surface area contributed by atoms with Crippen molar-refractivity contribution in [2.24, 2.45) is 0 Å². The van der Waals surface area contributed by atoms with E-state index >= 15 is 0 Å². The lowest BCUT2D eigenvalue weighted by molar-refractivity contribution is 0.102. The minimum atomic E-state index is -3.51. The van der Waals surface area contributed by atoms with Crippen molar-refractivity contribution in [3.63, 3.8) is 0 Å².